The number of benzene rings is 4. The summed E-state index contributed by atoms with van der Waals surface area (Å²) in [5, 5.41) is 4.46. The van der Waals surface area contributed by atoms with E-state index in [1.807, 2.05) is 24.3 Å². The molecule has 4 aromatic rings. The largest absolute Gasteiger partial charge is 0.371 e. The van der Waals surface area contributed by atoms with Gasteiger partial charge in [0.05, 0.1) is 0 Å². The van der Waals surface area contributed by atoms with E-state index in [9.17, 15) is 4.79 Å². The van der Waals surface area contributed by atoms with Crippen LogP contribution in [0.4, 0.5) is 11.4 Å². The van der Waals surface area contributed by atoms with E-state index in [0.717, 1.165) is 48.1 Å². The van der Waals surface area contributed by atoms with Gasteiger partial charge in [-0.1, -0.05) is 48.5 Å². The second kappa shape index (κ2) is 7.98. The lowest BCUT2D eigenvalue weighted by atomic mass is 9.92. The van der Waals surface area contributed by atoms with Crippen LogP contribution in [0, 0.1) is 0 Å². The number of nitrogens with zero attached hydrogens (tertiary/aromatic N) is 2. The van der Waals surface area contributed by atoms with Crippen molar-refractivity contribution in [3.8, 4) is 0 Å². The van der Waals surface area contributed by atoms with Crippen LogP contribution in [0.5, 0.6) is 0 Å². The van der Waals surface area contributed by atoms with Gasteiger partial charge in [-0.2, -0.15) is 0 Å². The van der Waals surface area contributed by atoms with Crippen LogP contribution in [0.15, 0.2) is 72.8 Å². The van der Waals surface area contributed by atoms with Crippen molar-refractivity contribution in [2.75, 3.05) is 36.0 Å². The number of hydrogen-bond acceptors (Lipinski definition) is 3. The van der Waals surface area contributed by atoms with Gasteiger partial charge in [-0.05, 0) is 60.7 Å². The van der Waals surface area contributed by atoms with Gasteiger partial charge in [0, 0.05) is 59.5 Å². The third kappa shape index (κ3) is 3.15. The third-order valence-electron chi connectivity index (χ3n) is 7.18. The lowest BCUT2D eigenvalue weighted by molar-refractivity contribution is 0.104. The molecule has 3 heteroatoms. The Kier molecular flexibility index (Phi) is 4.83. The van der Waals surface area contributed by atoms with Gasteiger partial charge in [0.25, 0.3) is 0 Å². The number of rotatable bonds is 4. The summed E-state index contributed by atoms with van der Waals surface area (Å²) in [4.78, 5) is 18.8. The smallest absolute Gasteiger partial charge is 0.194 e. The quantitative estimate of drug-likeness (QED) is 0.356. The SMILES string of the molecule is O=C(c1ccc(N2CCCC2)c2ccccc12)c1ccc(N2CCCC2)c2ccccc12. The molecule has 0 unspecified atom stereocenters. The Labute approximate surface area is 189 Å². The Balaban J connectivity index is 1.48. The second-order valence-electron chi connectivity index (χ2n) is 9.07. The molecule has 0 radical (unpaired) electrons. The normalized spacial score (nSPS) is 16.4. The standard InChI is InChI=1S/C29H28N2O/c32-29(25-13-15-27(30-17-5-6-18-30)23-11-3-1-9-21(23)25)26-14-16-28(31-19-7-8-20-31)24-12-4-2-10-22(24)26/h1-4,9-16H,5-8,17-20H2. The van der Waals surface area contributed by atoms with Crippen molar-refractivity contribution in [2.45, 2.75) is 25.7 Å². The molecule has 0 aliphatic carbocycles. The summed E-state index contributed by atoms with van der Waals surface area (Å²) in [5.41, 5.74) is 4.10. The topological polar surface area (TPSA) is 23.6 Å². The number of fused-ring (bicyclic) bond motifs is 2. The summed E-state index contributed by atoms with van der Waals surface area (Å²) in [7, 11) is 0. The minimum atomic E-state index is 0.110. The third-order valence-corrected chi connectivity index (χ3v) is 7.18. The van der Waals surface area contributed by atoms with Gasteiger partial charge in [-0.15, -0.1) is 0 Å². The molecular formula is C29H28N2O. The van der Waals surface area contributed by atoms with Gasteiger partial charge in [0.15, 0.2) is 5.78 Å². The van der Waals surface area contributed by atoms with Crippen LogP contribution in [0.3, 0.4) is 0 Å². The molecule has 2 saturated heterocycles. The molecule has 2 aliphatic heterocycles. The Morgan fingerprint density at radius 3 is 1.28 bits per heavy atom. The number of carbonyl (C=O) groups excluding carboxylic acids is 1. The van der Waals surface area contributed by atoms with E-state index in [1.165, 1.54) is 47.8 Å². The predicted octanol–water partition coefficient (Wildman–Crippen LogP) is 6.42. The number of ketones is 1. The molecule has 2 heterocycles. The first-order valence-corrected chi connectivity index (χ1v) is 11.9. The summed E-state index contributed by atoms with van der Waals surface area (Å²) in [6.07, 6.45) is 4.96. The predicted molar refractivity (Wildman–Crippen MR) is 134 cm³/mol. The highest BCUT2D eigenvalue weighted by Gasteiger charge is 2.22. The molecule has 0 amide bonds. The number of anilines is 2. The minimum Gasteiger partial charge on any atom is -0.371 e. The fraction of sp³-hybridized carbons (Fsp3) is 0.276. The molecular weight excluding hydrogens is 392 g/mol. The molecule has 160 valence electrons. The van der Waals surface area contributed by atoms with Gasteiger partial charge >= 0.3 is 0 Å². The molecule has 3 nitrogen and oxygen atoms in total. The Morgan fingerprint density at radius 1 is 0.500 bits per heavy atom. The zero-order valence-electron chi connectivity index (χ0n) is 18.4. The van der Waals surface area contributed by atoms with Crippen molar-refractivity contribution in [2.24, 2.45) is 0 Å². The first-order chi connectivity index (χ1) is 15.8. The molecule has 4 aromatic carbocycles. The van der Waals surface area contributed by atoms with Gasteiger partial charge < -0.3 is 9.80 Å². The van der Waals surface area contributed by atoms with Crippen molar-refractivity contribution in [1.29, 1.82) is 0 Å². The summed E-state index contributed by atoms with van der Waals surface area (Å²) in [6.45, 7) is 4.39. The number of carbonyl (C=O) groups is 1. The van der Waals surface area contributed by atoms with Crippen LogP contribution in [0.2, 0.25) is 0 Å². The van der Waals surface area contributed by atoms with Crippen LogP contribution in [0.1, 0.15) is 41.6 Å². The van der Waals surface area contributed by atoms with E-state index in [2.05, 4.69) is 58.3 Å². The molecule has 0 atom stereocenters. The van der Waals surface area contributed by atoms with Crippen molar-refractivity contribution in [3.63, 3.8) is 0 Å². The Hall–Kier alpha value is -3.33. The van der Waals surface area contributed by atoms with Crippen LogP contribution in [0.25, 0.3) is 21.5 Å². The molecule has 0 aromatic heterocycles. The van der Waals surface area contributed by atoms with E-state index >= 15 is 0 Å². The molecule has 2 aliphatic rings. The summed E-state index contributed by atoms with van der Waals surface area (Å²) in [6, 6.07) is 25.2. The highest BCUT2D eigenvalue weighted by atomic mass is 16.1. The molecule has 0 bridgehead atoms. The van der Waals surface area contributed by atoms with Gasteiger partial charge in [0.1, 0.15) is 0 Å². The fourth-order valence-corrected chi connectivity index (χ4v) is 5.57. The maximum Gasteiger partial charge on any atom is 0.194 e. The van der Waals surface area contributed by atoms with Crippen molar-refractivity contribution >= 4 is 38.7 Å². The average Bonchev–Trinajstić information content (AvgIpc) is 3.57. The van der Waals surface area contributed by atoms with Gasteiger partial charge in [-0.25, -0.2) is 0 Å². The van der Waals surface area contributed by atoms with Crippen molar-refractivity contribution < 1.29 is 4.79 Å². The molecule has 32 heavy (non-hydrogen) atoms. The van der Waals surface area contributed by atoms with E-state index in [1.54, 1.807) is 0 Å². The molecule has 6 rings (SSSR count). The summed E-state index contributed by atoms with van der Waals surface area (Å²) < 4.78 is 0. The van der Waals surface area contributed by atoms with Gasteiger partial charge in [-0.3, -0.25) is 4.79 Å². The zero-order valence-corrected chi connectivity index (χ0v) is 18.4. The molecule has 2 fully saturated rings. The highest BCUT2D eigenvalue weighted by molar-refractivity contribution is 6.23. The van der Waals surface area contributed by atoms with E-state index < -0.39 is 0 Å². The minimum absolute atomic E-state index is 0.110. The Morgan fingerprint density at radius 2 is 0.875 bits per heavy atom. The van der Waals surface area contributed by atoms with E-state index in [4.69, 9.17) is 0 Å². The first-order valence-electron chi connectivity index (χ1n) is 11.9. The van der Waals surface area contributed by atoms with Gasteiger partial charge in [0.2, 0.25) is 0 Å². The monoisotopic (exact) mass is 420 g/mol. The molecule has 0 N–H and O–H groups in total. The maximum absolute atomic E-state index is 13.9. The van der Waals surface area contributed by atoms with Crippen molar-refractivity contribution in [1.82, 2.24) is 0 Å². The second-order valence-corrected chi connectivity index (χ2v) is 9.07. The van der Waals surface area contributed by atoms with Crippen LogP contribution < -0.4 is 9.80 Å². The lowest BCUT2D eigenvalue weighted by Gasteiger charge is -2.22. The first kappa shape index (κ1) is 19.4. The van der Waals surface area contributed by atoms with E-state index in [-0.39, 0.29) is 5.78 Å². The molecule has 0 saturated carbocycles. The summed E-state index contributed by atoms with van der Waals surface area (Å²) in [5.74, 6) is 0.110. The fourth-order valence-electron chi connectivity index (χ4n) is 5.57. The molecule has 0 spiro atoms. The zero-order chi connectivity index (χ0) is 21.5. The highest BCUT2D eigenvalue weighted by Crippen LogP contribution is 2.36. The average molecular weight is 421 g/mol. The van der Waals surface area contributed by atoms with E-state index in [0.29, 0.717) is 0 Å². The van der Waals surface area contributed by atoms with Crippen LogP contribution in [-0.4, -0.2) is 32.0 Å². The van der Waals surface area contributed by atoms with Crippen LogP contribution >= 0.6 is 0 Å². The Bertz CT molecular complexity index is 1210. The van der Waals surface area contributed by atoms with Crippen molar-refractivity contribution in [3.05, 3.63) is 83.9 Å². The van der Waals surface area contributed by atoms with Crippen LogP contribution in [-0.2, 0) is 0 Å². The summed E-state index contributed by atoms with van der Waals surface area (Å²) >= 11 is 0. The maximum atomic E-state index is 13.9. The lowest BCUT2D eigenvalue weighted by Crippen LogP contribution is -2.18. The number of hydrogen-bond donors (Lipinski definition) is 0.